The Hall–Kier alpha value is -2.53. The largest absolute Gasteiger partial charge is 0.468 e. The Morgan fingerprint density at radius 3 is 2.25 bits per heavy atom. The van der Waals surface area contributed by atoms with Gasteiger partial charge in [-0.1, -0.05) is 0 Å². The summed E-state index contributed by atoms with van der Waals surface area (Å²) in [4.78, 5) is 12.0. The number of rotatable bonds is 6. The minimum Gasteiger partial charge on any atom is -0.468 e. The third-order valence-corrected chi connectivity index (χ3v) is 5.69. The number of halogens is 1. The normalized spacial score (nSPS) is 22.0. The summed E-state index contributed by atoms with van der Waals surface area (Å²) in [6.45, 7) is -0.355. The Bertz CT molecular complexity index is 947. The fraction of sp³-hybridized carbons (Fsp3) is 0.278. The zero-order chi connectivity index (χ0) is 20.4. The predicted molar refractivity (Wildman–Crippen MR) is 94.6 cm³/mol. The van der Waals surface area contributed by atoms with Gasteiger partial charge in [0.05, 0.1) is 18.6 Å². The molecule has 2 atom stereocenters. The number of esters is 1. The van der Waals surface area contributed by atoms with E-state index in [2.05, 4.69) is 9.46 Å². The predicted octanol–water partition coefficient (Wildman–Crippen LogP) is 1.55. The van der Waals surface area contributed by atoms with Crippen LogP contribution in [0.4, 0.5) is 4.39 Å². The molecular formula is C18H18FNO7S. The summed E-state index contributed by atoms with van der Waals surface area (Å²) in [5, 5.41) is 9.57. The highest BCUT2D eigenvalue weighted by Gasteiger charge is 2.50. The van der Waals surface area contributed by atoms with E-state index >= 15 is 0 Å². The SMILES string of the molecule is COC(=O)[C@]1(NS(=O)(=O)c2ccc(Oc3ccc(F)cc3)cc2)CO[C@H](O)C1. The summed E-state index contributed by atoms with van der Waals surface area (Å²) in [5.41, 5.74) is -1.71. The highest BCUT2D eigenvalue weighted by molar-refractivity contribution is 7.89. The summed E-state index contributed by atoms with van der Waals surface area (Å²) in [7, 11) is -3.01. The fourth-order valence-corrected chi connectivity index (χ4v) is 4.10. The van der Waals surface area contributed by atoms with Crippen molar-refractivity contribution in [2.24, 2.45) is 0 Å². The quantitative estimate of drug-likeness (QED) is 0.694. The van der Waals surface area contributed by atoms with Gasteiger partial charge in [-0.05, 0) is 48.5 Å². The number of carbonyl (C=O) groups excluding carboxylic acids is 1. The molecule has 1 fully saturated rings. The van der Waals surface area contributed by atoms with Crippen LogP contribution in [0.1, 0.15) is 6.42 Å². The van der Waals surface area contributed by atoms with Gasteiger partial charge in [0, 0.05) is 6.42 Å². The molecule has 0 aliphatic carbocycles. The molecule has 1 heterocycles. The van der Waals surface area contributed by atoms with Gasteiger partial charge >= 0.3 is 5.97 Å². The van der Waals surface area contributed by atoms with Crippen LogP contribution in [0.25, 0.3) is 0 Å². The minimum atomic E-state index is -4.12. The average molecular weight is 411 g/mol. The molecule has 1 aliphatic rings. The van der Waals surface area contributed by atoms with Gasteiger partial charge in [-0.15, -0.1) is 0 Å². The van der Waals surface area contributed by atoms with Crippen molar-refractivity contribution in [1.29, 1.82) is 0 Å². The molecule has 28 heavy (non-hydrogen) atoms. The number of aliphatic hydroxyl groups excluding tert-OH is 1. The molecule has 0 radical (unpaired) electrons. The molecule has 1 aliphatic heterocycles. The number of hydrogen-bond donors (Lipinski definition) is 2. The first kappa shape index (κ1) is 20.2. The van der Waals surface area contributed by atoms with E-state index in [0.29, 0.717) is 11.5 Å². The van der Waals surface area contributed by atoms with Crippen LogP contribution in [-0.4, -0.2) is 45.0 Å². The van der Waals surface area contributed by atoms with Crippen molar-refractivity contribution in [1.82, 2.24) is 4.72 Å². The lowest BCUT2D eigenvalue weighted by atomic mass is 10.0. The first-order valence-corrected chi connectivity index (χ1v) is 9.68. The van der Waals surface area contributed by atoms with Crippen LogP contribution in [0.2, 0.25) is 0 Å². The molecule has 0 saturated carbocycles. The maximum absolute atomic E-state index is 12.9. The maximum atomic E-state index is 12.9. The molecule has 2 aromatic carbocycles. The molecule has 10 heteroatoms. The van der Waals surface area contributed by atoms with Crippen molar-refractivity contribution in [3.05, 3.63) is 54.3 Å². The van der Waals surface area contributed by atoms with E-state index in [1.807, 2.05) is 0 Å². The molecule has 2 aromatic rings. The van der Waals surface area contributed by atoms with E-state index in [-0.39, 0.29) is 17.9 Å². The van der Waals surface area contributed by atoms with Crippen LogP contribution in [-0.2, 0) is 24.3 Å². The molecular weight excluding hydrogens is 393 g/mol. The van der Waals surface area contributed by atoms with Crippen molar-refractivity contribution in [3.63, 3.8) is 0 Å². The fourth-order valence-electron chi connectivity index (χ4n) is 2.75. The van der Waals surface area contributed by atoms with E-state index in [1.54, 1.807) is 0 Å². The van der Waals surface area contributed by atoms with Crippen LogP contribution < -0.4 is 9.46 Å². The highest BCUT2D eigenvalue weighted by Crippen LogP contribution is 2.28. The monoisotopic (exact) mass is 411 g/mol. The molecule has 0 amide bonds. The summed E-state index contributed by atoms with van der Waals surface area (Å²) in [5.74, 6) is -0.533. The van der Waals surface area contributed by atoms with E-state index in [4.69, 9.17) is 9.47 Å². The molecule has 2 N–H and O–H groups in total. The van der Waals surface area contributed by atoms with Gasteiger partial charge in [0.15, 0.2) is 11.8 Å². The molecule has 0 bridgehead atoms. The smallest absolute Gasteiger partial charge is 0.329 e. The standard InChI is InChI=1S/C18H18FNO7S/c1-25-17(22)18(10-16(21)26-11-18)20-28(23,24)15-8-6-14(7-9-15)27-13-4-2-12(19)3-5-13/h2-9,16,20-21H,10-11H2,1H3/t16-,18+/m0/s1. The molecule has 0 unspecified atom stereocenters. The molecule has 150 valence electrons. The van der Waals surface area contributed by atoms with E-state index in [9.17, 15) is 22.7 Å². The van der Waals surface area contributed by atoms with Crippen LogP contribution in [0.15, 0.2) is 53.4 Å². The average Bonchev–Trinajstić information content (AvgIpc) is 3.04. The second kappa shape index (κ2) is 7.84. The number of ether oxygens (including phenoxy) is 3. The zero-order valence-electron chi connectivity index (χ0n) is 14.8. The van der Waals surface area contributed by atoms with E-state index in [0.717, 1.165) is 7.11 Å². The number of benzene rings is 2. The number of aliphatic hydroxyl groups is 1. The van der Waals surface area contributed by atoms with Crippen molar-refractivity contribution >= 4 is 16.0 Å². The second-order valence-corrected chi connectivity index (χ2v) is 7.86. The molecule has 0 spiro atoms. The number of hydrogen-bond acceptors (Lipinski definition) is 7. The lowest BCUT2D eigenvalue weighted by Gasteiger charge is -2.25. The van der Waals surface area contributed by atoms with Gasteiger partial charge in [0.25, 0.3) is 0 Å². The van der Waals surface area contributed by atoms with Crippen molar-refractivity contribution < 1.29 is 36.9 Å². The number of methoxy groups -OCH3 is 1. The second-order valence-electron chi connectivity index (χ2n) is 6.18. The summed E-state index contributed by atoms with van der Waals surface area (Å²) >= 11 is 0. The van der Waals surface area contributed by atoms with Crippen LogP contribution in [0.3, 0.4) is 0 Å². The third-order valence-electron chi connectivity index (χ3n) is 4.13. The van der Waals surface area contributed by atoms with Gasteiger partial charge in [-0.25, -0.2) is 17.6 Å². The van der Waals surface area contributed by atoms with Crippen molar-refractivity contribution in [2.75, 3.05) is 13.7 Å². The first-order valence-electron chi connectivity index (χ1n) is 8.20. The van der Waals surface area contributed by atoms with Gasteiger partial charge in [0.2, 0.25) is 10.0 Å². The summed E-state index contributed by atoms with van der Waals surface area (Å²) in [6, 6.07) is 10.8. The van der Waals surface area contributed by atoms with Gasteiger partial charge in [-0.3, -0.25) is 0 Å². The third kappa shape index (κ3) is 4.30. The van der Waals surface area contributed by atoms with E-state index < -0.39 is 33.6 Å². The van der Waals surface area contributed by atoms with Gasteiger partial charge in [0.1, 0.15) is 17.3 Å². The molecule has 1 saturated heterocycles. The highest BCUT2D eigenvalue weighted by atomic mass is 32.2. The Morgan fingerprint density at radius 1 is 1.18 bits per heavy atom. The lowest BCUT2D eigenvalue weighted by Crippen LogP contribution is -2.55. The number of sulfonamides is 1. The van der Waals surface area contributed by atoms with Crippen LogP contribution >= 0.6 is 0 Å². The summed E-state index contributed by atoms with van der Waals surface area (Å²) < 4.78 is 55.7. The Balaban J connectivity index is 1.78. The molecule has 3 rings (SSSR count). The zero-order valence-corrected chi connectivity index (χ0v) is 15.6. The molecule has 8 nitrogen and oxygen atoms in total. The Kier molecular flexibility index (Phi) is 5.66. The lowest BCUT2D eigenvalue weighted by molar-refractivity contribution is -0.147. The topological polar surface area (TPSA) is 111 Å². The maximum Gasteiger partial charge on any atom is 0.329 e. The minimum absolute atomic E-state index is 0.122. The number of nitrogens with one attached hydrogen (secondary N) is 1. The Labute approximate surface area is 160 Å². The van der Waals surface area contributed by atoms with Gasteiger partial charge in [-0.2, -0.15) is 4.72 Å². The van der Waals surface area contributed by atoms with Gasteiger partial charge < -0.3 is 19.3 Å². The molecule has 0 aromatic heterocycles. The van der Waals surface area contributed by atoms with Crippen molar-refractivity contribution in [3.8, 4) is 11.5 Å². The number of carbonyl (C=O) groups is 1. The first-order chi connectivity index (χ1) is 13.2. The van der Waals surface area contributed by atoms with E-state index in [1.165, 1.54) is 48.5 Å². The van der Waals surface area contributed by atoms with Crippen LogP contribution in [0.5, 0.6) is 11.5 Å². The summed E-state index contributed by atoms with van der Waals surface area (Å²) in [6.07, 6.45) is -1.56. The van der Waals surface area contributed by atoms with Crippen LogP contribution in [0, 0.1) is 5.82 Å². The van der Waals surface area contributed by atoms with Crippen molar-refractivity contribution in [2.45, 2.75) is 23.1 Å². The Morgan fingerprint density at radius 2 is 1.75 bits per heavy atom.